The van der Waals surface area contributed by atoms with Gasteiger partial charge in [-0.25, -0.2) is 0 Å². The molecule has 0 amide bonds. The van der Waals surface area contributed by atoms with Crippen molar-refractivity contribution in [1.82, 2.24) is 0 Å². The van der Waals surface area contributed by atoms with Crippen molar-refractivity contribution in [2.24, 2.45) is 0 Å². The first kappa shape index (κ1) is 5.60. The van der Waals surface area contributed by atoms with E-state index < -0.39 is 5.97 Å². The summed E-state index contributed by atoms with van der Waals surface area (Å²) >= 11 is 0. The molecular formula is C2H3B2O2. The minimum absolute atomic E-state index is 0.391. The molecule has 0 heterocycles. The van der Waals surface area contributed by atoms with Crippen LogP contribution in [-0.4, -0.2) is 21.1 Å². The summed E-state index contributed by atoms with van der Waals surface area (Å²) in [6.45, 7) is 1.28. The van der Waals surface area contributed by atoms with Crippen LogP contribution in [0, 0.1) is 0 Å². The summed E-state index contributed by atoms with van der Waals surface area (Å²) in [5, 5.41) is 0. The Balaban J connectivity index is 2.83. The van der Waals surface area contributed by atoms with Crippen molar-refractivity contribution in [2.75, 3.05) is 0 Å². The number of rotatable bonds is 1. The summed E-state index contributed by atoms with van der Waals surface area (Å²) < 4.78 is 4.06. The number of carbonyl (C=O) groups excluding carboxylic acids is 1. The van der Waals surface area contributed by atoms with Gasteiger partial charge in [0.2, 0.25) is 0 Å². The molecule has 0 aromatic rings. The Morgan fingerprint density at radius 1 is 2.00 bits per heavy atom. The van der Waals surface area contributed by atoms with E-state index in [9.17, 15) is 4.79 Å². The van der Waals surface area contributed by atoms with Crippen LogP contribution < -0.4 is 0 Å². The maximum Gasteiger partial charge on any atom is 0.306 e. The van der Waals surface area contributed by atoms with Gasteiger partial charge < -0.3 is 4.65 Å². The fourth-order valence-corrected chi connectivity index (χ4v) is 0.0958. The van der Waals surface area contributed by atoms with Crippen LogP contribution in [0.1, 0.15) is 6.92 Å². The van der Waals surface area contributed by atoms with Gasteiger partial charge in [-0.15, -0.1) is 0 Å². The zero-order valence-corrected chi connectivity index (χ0v) is 3.47. The Bertz CT molecular complexity index is 53.5. The van der Waals surface area contributed by atoms with Gasteiger partial charge in [0.25, 0.3) is 5.97 Å². The molecule has 0 aromatic heterocycles. The quantitative estimate of drug-likeness (QED) is 0.388. The lowest BCUT2D eigenvalue weighted by atomic mass is 9.72. The molecule has 4 heteroatoms. The van der Waals surface area contributed by atoms with Crippen LogP contribution in [0.15, 0.2) is 0 Å². The van der Waals surface area contributed by atoms with Gasteiger partial charge in [-0.05, 0) is 0 Å². The molecule has 0 atom stereocenters. The normalized spacial score (nSPS) is 6.83. The molecule has 29 valence electrons. The van der Waals surface area contributed by atoms with Crippen LogP contribution in [0.4, 0.5) is 0 Å². The van der Waals surface area contributed by atoms with Crippen LogP contribution >= 0.6 is 0 Å². The smallest absolute Gasteiger partial charge is 0.306 e. The molecule has 6 heavy (non-hydrogen) atoms. The Morgan fingerprint density at radius 2 is 2.50 bits per heavy atom. The van der Waals surface area contributed by atoms with Gasteiger partial charge in [-0.3, -0.25) is 4.79 Å². The molecule has 0 bridgehead atoms. The summed E-state index contributed by atoms with van der Waals surface area (Å²) in [7, 11) is 5.51. The van der Waals surface area contributed by atoms with E-state index in [-0.39, 0.29) is 0 Å². The Kier molecular flexibility index (Phi) is 2.63. The fourth-order valence-electron chi connectivity index (χ4n) is 0.0958. The fraction of sp³-hybridized carbons (Fsp3) is 0.500. The largest absolute Gasteiger partial charge is 0.550 e. The molecule has 0 saturated carbocycles. The molecule has 0 aliphatic rings. The summed E-state index contributed by atoms with van der Waals surface area (Å²) in [5.41, 5.74) is 0. The maximum atomic E-state index is 9.71. The van der Waals surface area contributed by atoms with E-state index in [4.69, 9.17) is 0 Å². The SMILES string of the molecule is [B][B]OC(C)=O. The molecule has 0 spiro atoms. The Morgan fingerprint density at radius 3 is 2.50 bits per heavy atom. The average Bonchev–Trinajstić information content (AvgIpc) is 1.35. The van der Waals surface area contributed by atoms with E-state index in [0.29, 0.717) is 0 Å². The molecule has 0 unspecified atom stereocenters. The van der Waals surface area contributed by atoms with Crippen molar-refractivity contribution in [3.63, 3.8) is 0 Å². The second kappa shape index (κ2) is 2.82. The molecule has 3 radical (unpaired) electrons. The highest BCUT2D eigenvalue weighted by Crippen LogP contribution is 1.64. The highest BCUT2D eigenvalue weighted by atomic mass is 16.5. The van der Waals surface area contributed by atoms with Crippen molar-refractivity contribution in [3.05, 3.63) is 0 Å². The van der Waals surface area contributed by atoms with Crippen molar-refractivity contribution in [2.45, 2.75) is 6.92 Å². The first-order valence-electron chi connectivity index (χ1n) is 1.48. The van der Waals surface area contributed by atoms with Gasteiger partial charge >= 0.3 is 7.37 Å². The van der Waals surface area contributed by atoms with Crippen LogP contribution in [0.25, 0.3) is 0 Å². The zero-order valence-electron chi connectivity index (χ0n) is 3.47. The molecule has 0 N–H and O–H groups in total. The van der Waals surface area contributed by atoms with E-state index in [1.54, 1.807) is 0 Å². The number of hydrogen-bond donors (Lipinski definition) is 0. The van der Waals surface area contributed by atoms with Crippen molar-refractivity contribution in [3.8, 4) is 0 Å². The average molecular weight is 80.7 g/mol. The minimum Gasteiger partial charge on any atom is -0.550 e. The van der Waals surface area contributed by atoms with Gasteiger partial charge in [-0.1, -0.05) is 0 Å². The van der Waals surface area contributed by atoms with Crippen LogP contribution in [-0.2, 0) is 9.45 Å². The van der Waals surface area contributed by atoms with Gasteiger partial charge in [0, 0.05) is 6.92 Å². The van der Waals surface area contributed by atoms with Crippen molar-refractivity contribution in [1.29, 1.82) is 0 Å². The molecule has 0 fully saturated rings. The van der Waals surface area contributed by atoms with E-state index in [1.807, 2.05) is 0 Å². The maximum absolute atomic E-state index is 9.71. The van der Waals surface area contributed by atoms with Crippen LogP contribution in [0.5, 0.6) is 0 Å². The molecule has 0 saturated heterocycles. The van der Waals surface area contributed by atoms with Gasteiger partial charge in [0.05, 0.1) is 7.74 Å². The number of hydrogen-bond acceptors (Lipinski definition) is 2. The van der Waals surface area contributed by atoms with E-state index in [2.05, 4.69) is 12.4 Å². The van der Waals surface area contributed by atoms with Gasteiger partial charge in [0.15, 0.2) is 0 Å². The first-order chi connectivity index (χ1) is 2.77. The molecule has 2 nitrogen and oxygen atoms in total. The summed E-state index contributed by atoms with van der Waals surface area (Å²) in [6.07, 6.45) is 0. The van der Waals surface area contributed by atoms with Crippen LogP contribution in [0.2, 0.25) is 0 Å². The predicted octanol–water partition coefficient (Wildman–Crippen LogP) is -0.748. The van der Waals surface area contributed by atoms with Gasteiger partial charge in [0.1, 0.15) is 0 Å². The molecule has 0 rings (SSSR count). The highest BCUT2D eigenvalue weighted by Gasteiger charge is 1.83. The summed E-state index contributed by atoms with van der Waals surface area (Å²) in [5.74, 6) is -0.391. The molecule has 0 aromatic carbocycles. The topological polar surface area (TPSA) is 26.3 Å². The van der Waals surface area contributed by atoms with E-state index in [1.165, 1.54) is 6.92 Å². The third-order valence-corrected chi connectivity index (χ3v) is 0.234. The van der Waals surface area contributed by atoms with Gasteiger partial charge in [-0.2, -0.15) is 0 Å². The monoisotopic (exact) mass is 81.0 g/mol. The Labute approximate surface area is 38.5 Å². The summed E-state index contributed by atoms with van der Waals surface area (Å²) in [6, 6.07) is 0. The standard InChI is InChI=1S/C2H3B2O2/c1-2(5)6-4-3/h1H3. The second-order valence-corrected chi connectivity index (χ2v) is 0.746. The number of carbonyl (C=O) groups is 1. The third kappa shape index (κ3) is 3.60. The lowest BCUT2D eigenvalue weighted by Crippen LogP contribution is -2.02. The van der Waals surface area contributed by atoms with Crippen LogP contribution in [0.3, 0.4) is 0 Å². The second-order valence-electron chi connectivity index (χ2n) is 0.746. The lowest BCUT2D eigenvalue weighted by Gasteiger charge is -1.89. The Hall–Kier alpha value is -0.400. The zero-order chi connectivity index (χ0) is 4.99. The predicted molar refractivity (Wildman–Crippen MR) is 23.3 cm³/mol. The van der Waals surface area contributed by atoms with E-state index >= 15 is 0 Å². The molecule has 0 aliphatic heterocycles. The van der Waals surface area contributed by atoms with Crippen molar-refractivity contribution < 1.29 is 9.45 Å². The van der Waals surface area contributed by atoms with E-state index in [0.717, 1.165) is 7.37 Å². The molecular weight excluding hydrogens is 77.6 g/mol. The first-order valence-corrected chi connectivity index (χ1v) is 1.48. The third-order valence-electron chi connectivity index (χ3n) is 0.234. The van der Waals surface area contributed by atoms with Crippen molar-refractivity contribution >= 4 is 21.1 Å². The molecule has 0 aliphatic carbocycles. The minimum atomic E-state index is -0.391. The summed E-state index contributed by atoms with van der Waals surface area (Å²) in [4.78, 5) is 9.71. The lowest BCUT2D eigenvalue weighted by molar-refractivity contribution is -0.131. The highest BCUT2D eigenvalue weighted by molar-refractivity contribution is 6.86.